The summed E-state index contributed by atoms with van der Waals surface area (Å²) >= 11 is 0. The van der Waals surface area contributed by atoms with Gasteiger partial charge in [-0.2, -0.15) is 5.10 Å². The van der Waals surface area contributed by atoms with Gasteiger partial charge in [0.25, 0.3) is 0 Å². The first-order valence-corrected chi connectivity index (χ1v) is 9.69. The Morgan fingerprint density at radius 2 is 2.11 bits per heavy atom. The van der Waals surface area contributed by atoms with E-state index >= 15 is 0 Å². The highest BCUT2D eigenvalue weighted by Gasteiger charge is 2.21. The zero-order valence-corrected chi connectivity index (χ0v) is 16.0. The maximum Gasteiger partial charge on any atom is 0.228 e. The number of nitrogens with zero attached hydrogens (tertiary/aromatic N) is 3. The van der Waals surface area contributed by atoms with E-state index in [2.05, 4.69) is 26.8 Å². The van der Waals surface area contributed by atoms with Gasteiger partial charge in [-0.05, 0) is 49.0 Å². The number of pyridine rings is 1. The molecular weight excluding hydrogens is 354 g/mol. The molecule has 3 heterocycles. The molecule has 0 bridgehead atoms. The van der Waals surface area contributed by atoms with Crippen LogP contribution in [-0.4, -0.2) is 45.5 Å². The molecule has 28 heavy (non-hydrogen) atoms. The standard InChI is InChI=1S/C21H25N5O2/c1-26-13-17(12-23-26)15-2-3-18-16(10-15)11-20(24-19(18)6-9-27)25-21(28)14-4-7-22-8-5-14/h2-3,10-14,22,27H,4-9H2,1H3,(H,24,25,28). The minimum absolute atomic E-state index is 0.0121. The number of piperidine rings is 1. The van der Waals surface area contributed by atoms with E-state index in [4.69, 9.17) is 0 Å². The lowest BCUT2D eigenvalue weighted by molar-refractivity contribution is -0.120. The lowest BCUT2D eigenvalue weighted by atomic mass is 9.97. The molecule has 1 fully saturated rings. The summed E-state index contributed by atoms with van der Waals surface area (Å²) in [6.45, 7) is 1.75. The molecule has 0 spiro atoms. The molecule has 0 atom stereocenters. The van der Waals surface area contributed by atoms with Crippen LogP contribution in [0, 0.1) is 5.92 Å². The van der Waals surface area contributed by atoms with Gasteiger partial charge in [-0.15, -0.1) is 0 Å². The van der Waals surface area contributed by atoms with Crippen LogP contribution in [0.2, 0.25) is 0 Å². The number of fused-ring (bicyclic) bond motifs is 1. The van der Waals surface area contributed by atoms with Crippen LogP contribution >= 0.6 is 0 Å². The van der Waals surface area contributed by atoms with Gasteiger partial charge in [0, 0.05) is 43.1 Å². The van der Waals surface area contributed by atoms with E-state index in [1.165, 1.54) is 0 Å². The number of benzene rings is 1. The second-order valence-electron chi connectivity index (χ2n) is 7.28. The molecule has 7 heteroatoms. The number of hydrogen-bond donors (Lipinski definition) is 3. The zero-order valence-electron chi connectivity index (χ0n) is 16.0. The summed E-state index contributed by atoms with van der Waals surface area (Å²) < 4.78 is 1.77. The highest BCUT2D eigenvalue weighted by atomic mass is 16.3. The van der Waals surface area contributed by atoms with Crippen LogP contribution in [0.15, 0.2) is 36.7 Å². The average Bonchev–Trinajstić information content (AvgIpc) is 3.15. The molecule has 1 aromatic carbocycles. The van der Waals surface area contributed by atoms with Crippen LogP contribution in [0.5, 0.6) is 0 Å². The van der Waals surface area contributed by atoms with Crippen LogP contribution < -0.4 is 10.6 Å². The molecule has 1 amide bonds. The number of aliphatic hydroxyl groups excluding tert-OH is 1. The van der Waals surface area contributed by atoms with Gasteiger partial charge in [-0.3, -0.25) is 9.48 Å². The van der Waals surface area contributed by atoms with E-state index in [-0.39, 0.29) is 18.4 Å². The van der Waals surface area contributed by atoms with Crippen LogP contribution in [-0.2, 0) is 18.3 Å². The molecule has 0 radical (unpaired) electrons. The molecule has 0 aliphatic carbocycles. The maximum atomic E-state index is 12.6. The second-order valence-corrected chi connectivity index (χ2v) is 7.28. The van der Waals surface area contributed by atoms with Crippen molar-refractivity contribution in [3.63, 3.8) is 0 Å². The molecule has 146 valence electrons. The third-order valence-corrected chi connectivity index (χ3v) is 5.26. The quantitative estimate of drug-likeness (QED) is 0.631. The van der Waals surface area contributed by atoms with Gasteiger partial charge in [-0.25, -0.2) is 4.98 Å². The highest BCUT2D eigenvalue weighted by molar-refractivity contribution is 5.96. The summed E-state index contributed by atoms with van der Waals surface area (Å²) in [6.07, 6.45) is 5.93. The van der Waals surface area contributed by atoms with Gasteiger partial charge < -0.3 is 15.7 Å². The van der Waals surface area contributed by atoms with Crippen molar-refractivity contribution in [3.8, 4) is 11.1 Å². The monoisotopic (exact) mass is 379 g/mol. The van der Waals surface area contributed by atoms with Crippen molar-refractivity contribution in [2.75, 3.05) is 25.0 Å². The molecule has 0 unspecified atom stereocenters. The lowest BCUT2D eigenvalue weighted by Crippen LogP contribution is -2.34. The fraction of sp³-hybridized carbons (Fsp3) is 0.381. The Morgan fingerprint density at radius 3 is 2.82 bits per heavy atom. The Balaban J connectivity index is 1.68. The van der Waals surface area contributed by atoms with Crippen molar-refractivity contribution in [1.29, 1.82) is 0 Å². The van der Waals surface area contributed by atoms with Gasteiger partial charge in [0.05, 0.1) is 11.9 Å². The summed E-state index contributed by atoms with van der Waals surface area (Å²) in [5.41, 5.74) is 2.88. The largest absolute Gasteiger partial charge is 0.396 e. The lowest BCUT2D eigenvalue weighted by Gasteiger charge is -2.21. The van der Waals surface area contributed by atoms with Crippen molar-refractivity contribution in [1.82, 2.24) is 20.1 Å². The van der Waals surface area contributed by atoms with E-state index in [0.29, 0.717) is 12.2 Å². The summed E-state index contributed by atoms with van der Waals surface area (Å²) in [4.78, 5) is 17.2. The number of anilines is 1. The number of aromatic nitrogens is 3. The number of aliphatic hydroxyl groups is 1. The van der Waals surface area contributed by atoms with Gasteiger partial charge in [0.2, 0.25) is 5.91 Å². The van der Waals surface area contributed by atoms with E-state index in [1.54, 1.807) is 4.68 Å². The Labute approximate surface area is 163 Å². The highest BCUT2D eigenvalue weighted by Crippen LogP contribution is 2.28. The Bertz CT molecular complexity index is 992. The number of aryl methyl sites for hydroxylation is 1. The first-order chi connectivity index (χ1) is 13.6. The van der Waals surface area contributed by atoms with Gasteiger partial charge in [0.15, 0.2) is 0 Å². The molecule has 3 N–H and O–H groups in total. The average molecular weight is 379 g/mol. The predicted molar refractivity (Wildman–Crippen MR) is 109 cm³/mol. The molecule has 7 nitrogen and oxygen atoms in total. The van der Waals surface area contributed by atoms with Crippen molar-refractivity contribution in [2.24, 2.45) is 13.0 Å². The van der Waals surface area contributed by atoms with Crippen molar-refractivity contribution in [3.05, 3.63) is 42.4 Å². The van der Waals surface area contributed by atoms with Crippen molar-refractivity contribution < 1.29 is 9.90 Å². The van der Waals surface area contributed by atoms with E-state index in [0.717, 1.165) is 53.5 Å². The molecule has 1 aliphatic heterocycles. The zero-order chi connectivity index (χ0) is 19.5. The SMILES string of the molecule is Cn1cc(-c2ccc3c(CCO)nc(NC(=O)C4CCNCC4)cc3c2)cn1. The summed E-state index contributed by atoms with van der Waals surface area (Å²) in [5, 5.41) is 21.9. The van der Waals surface area contributed by atoms with Crippen LogP contribution in [0.25, 0.3) is 21.9 Å². The topological polar surface area (TPSA) is 92.1 Å². The second kappa shape index (κ2) is 8.08. The van der Waals surface area contributed by atoms with Crippen LogP contribution in [0.3, 0.4) is 0 Å². The first-order valence-electron chi connectivity index (χ1n) is 9.69. The summed E-state index contributed by atoms with van der Waals surface area (Å²) in [7, 11) is 1.89. The third-order valence-electron chi connectivity index (χ3n) is 5.26. The van der Waals surface area contributed by atoms with E-state index < -0.39 is 0 Å². The number of carbonyl (C=O) groups excluding carboxylic acids is 1. The third kappa shape index (κ3) is 3.90. The molecule has 1 aliphatic rings. The number of amides is 1. The van der Waals surface area contributed by atoms with Gasteiger partial charge in [-0.1, -0.05) is 12.1 Å². The van der Waals surface area contributed by atoms with Gasteiger partial charge in [0.1, 0.15) is 5.82 Å². The van der Waals surface area contributed by atoms with Crippen molar-refractivity contribution >= 4 is 22.5 Å². The molecule has 1 saturated heterocycles. The Morgan fingerprint density at radius 1 is 1.29 bits per heavy atom. The minimum atomic E-state index is 0.0121. The number of rotatable bonds is 5. The van der Waals surface area contributed by atoms with Crippen LogP contribution in [0.4, 0.5) is 5.82 Å². The maximum absolute atomic E-state index is 12.6. The summed E-state index contributed by atoms with van der Waals surface area (Å²) in [6, 6.07) is 8.05. The molecule has 3 aromatic rings. The summed E-state index contributed by atoms with van der Waals surface area (Å²) in [5.74, 6) is 0.580. The smallest absolute Gasteiger partial charge is 0.228 e. The van der Waals surface area contributed by atoms with Gasteiger partial charge >= 0.3 is 0 Å². The number of carbonyl (C=O) groups is 1. The Hall–Kier alpha value is -2.77. The predicted octanol–water partition coefficient (Wildman–Crippen LogP) is 2.11. The van der Waals surface area contributed by atoms with Crippen LogP contribution in [0.1, 0.15) is 18.5 Å². The molecule has 0 saturated carbocycles. The Kier molecular flexibility index (Phi) is 5.36. The number of nitrogens with one attached hydrogen (secondary N) is 2. The normalized spacial score (nSPS) is 15.1. The fourth-order valence-corrected chi connectivity index (χ4v) is 3.75. The fourth-order valence-electron chi connectivity index (χ4n) is 3.75. The van der Waals surface area contributed by atoms with E-state index in [9.17, 15) is 9.90 Å². The first kappa shape index (κ1) is 18.6. The van der Waals surface area contributed by atoms with Crippen molar-refractivity contribution in [2.45, 2.75) is 19.3 Å². The molecular formula is C21H25N5O2. The minimum Gasteiger partial charge on any atom is -0.396 e. The van der Waals surface area contributed by atoms with E-state index in [1.807, 2.05) is 37.6 Å². The number of hydrogen-bond acceptors (Lipinski definition) is 5. The molecule has 2 aromatic heterocycles. The molecule has 4 rings (SSSR count).